The van der Waals surface area contributed by atoms with Crippen molar-refractivity contribution < 1.29 is 23.1 Å². The Morgan fingerprint density at radius 3 is 2.76 bits per heavy atom. The summed E-state index contributed by atoms with van der Waals surface area (Å²) in [6, 6.07) is 3.61. The number of carbonyl (C=O) groups is 1. The summed E-state index contributed by atoms with van der Waals surface area (Å²) in [7, 11) is -2.46. The van der Waals surface area contributed by atoms with Crippen molar-refractivity contribution in [3.8, 4) is 5.75 Å². The lowest BCUT2D eigenvalue weighted by molar-refractivity contribution is 0.0696. The smallest absolute Gasteiger partial charge is 0.335 e. The van der Waals surface area contributed by atoms with Gasteiger partial charge in [0.15, 0.2) is 0 Å². The molecule has 1 aliphatic rings. The van der Waals surface area contributed by atoms with E-state index in [4.69, 9.17) is 9.84 Å². The van der Waals surface area contributed by atoms with Crippen LogP contribution in [0.2, 0.25) is 0 Å². The molecule has 21 heavy (non-hydrogen) atoms. The molecule has 1 unspecified atom stereocenters. The van der Waals surface area contributed by atoms with E-state index in [0.29, 0.717) is 6.42 Å². The molecule has 0 bridgehead atoms. The van der Waals surface area contributed by atoms with E-state index >= 15 is 0 Å². The molecule has 0 amide bonds. The monoisotopic (exact) mass is 311 g/mol. The van der Waals surface area contributed by atoms with Gasteiger partial charge in [0.05, 0.1) is 12.7 Å². The molecular formula is C14H17NO5S. The maximum Gasteiger partial charge on any atom is 0.335 e. The van der Waals surface area contributed by atoms with Crippen LogP contribution in [0, 0.1) is 0 Å². The number of aromatic carboxylic acids is 1. The second kappa shape index (κ2) is 5.87. The van der Waals surface area contributed by atoms with Gasteiger partial charge in [-0.2, -0.15) is 4.31 Å². The standard InChI is InChI=1S/C14H17NO5S/c1-3-11-5-4-8-15(11)21(18,19)13-9-10(14(16)17)6-7-12(13)20-2/h4-7,9,11H,3,8H2,1-2H3,(H,16,17). The molecule has 6 nitrogen and oxygen atoms in total. The average Bonchev–Trinajstić information content (AvgIpc) is 2.95. The zero-order valence-corrected chi connectivity index (χ0v) is 12.6. The minimum Gasteiger partial charge on any atom is -0.495 e. The van der Waals surface area contributed by atoms with Crippen molar-refractivity contribution in [2.45, 2.75) is 24.3 Å². The van der Waals surface area contributed by atoms with Crippen molar-refractivity contribution in [3.05, 3.63) is 35.9 Å². The van der Waals surface area contributed by atoms with Crippen molar-refractivity contribution in [3.63, 3.8) is 0 Å². The van der Waals surface area contributed by atoms with Crippen molar-refractivity contribution in [2.24, 2.45) is 0 Å². The average molecular weight is 311 g/mol. The molecule has 0 aromatic heterocycles. The minimum atomic E-state index is -3.82. The molecule has 0 spiro atoms. The van der Waals surface area contributed by atoms with Gasteiger partial charge in [-0.3, -0.25) is 0 Å². The molecule has 7 heteroatoms. The molecule has 1 aromatic rings. The molecule has 0 saturated carbocycles. The predicted octanol–water partition coefficient (Wildman–Crippen LogP) is 1.73. The van der Waals surface area contributed by atoms with Crippen LogP contribution in [-0.2, 0) is 10.0 Å². The van der Waals surface area contributed by atoms with E-state index in [9.17, 15) is 13.2 Å². The Hall–Kier alpha value is -1.86. The first-order valence-corrected chi connectivity index (χ1v) is 7.95. The Labute approximate surface area is 123 Å². The predicted molar refractivity (Wildman–Crippen MR) is 77.1 cm³/mol. The van der Waals surface area contributed by atoms with Crippen LogP contribution < -0.4 is 4.74 Å². The van der Waals surface area contributed by atoms with E-state index in [1.54, 1.807) is 6.08 Å². The number of ether oxygens (including phenoxy) is 1. The fraction of sp³-hybridized carbons (Fsp3) is 0.357. The maximum atomic E-state index is 12.8. The van der Waals surface area contributed by atoms with Crippen LogP contribution in [0.25, 0.3) is 0 Å². The first-order valence-electron chi connectivity index (χ1n) is 6.51. The van der Waals surface area contributed by atoms with Gasteiger partial charge in [-0.05, 0) is 24.6 Å². The lowest BCUT2D eigenvalue weighted by Crippen LogP contribution is -2.36. The molecule has 0 fully saturated rings. The summed E-state index contributed by atoms with van der Waals surface area (Å²) >= 11 is 0. The van der Waals surface area contributed by atoms with E-state index < -0.39 is 16.0 Å². The normalized spacial score (nSPS) is 18.9. The van der Waals surface area contributed by atoms with Crippen molar-refractivity contribution >= 4 is 16.0 Å². The first-order chi connectivity index (χ1) is 9.91. The van der Waals surface area contributed by atoms with Gasteiger partial charge in [-0.1, -0.05) is 19.1 Å². The fourth-order valence-electron chi connectivity index (χ4n) is 2.31. The summed E-state index contributed by atoms with van der Waals surface area (Å²) in [5.74, 6) is -1.04. The Morgan fingerprint density at radius 1 is 1.48 bits per heavy atom. The highest BCUT2D eigenvalue weighted by Crippen LogP contribution is 2.31. The molecule has 0 saturated heterocycles. The zero-order chi connectivity index (χ0) is 15.6. The number of hydrogen-bond acceptors (Lipinski definition) is 4. The van der Waals surface area contributed by atoms with Crippen molar-refractivity contribution in [1.29, 1.82) is 0 Å². The van der Waals surface area contributed by atoms with Gasteiger partial charge in [0, 0.05) is 12.6 Å². The number of nitrogens with zero attached hydrogens (tertiary/aromatic N) is 1. The van der Waals surface area contributed by atoms with Gasteiger partial charge < -0.3 is 9.84 Å². The highest BCUT2D eigenvalue weighted by atomic mass is 32.2. The second-order valence-corrected chi connectivity index (χ2v) is 6.51. The molecule has 1 heterocycles. The van der Waals surface area contributed by atoms with Crippen LogP contribution in [-0.4, -0.2) is 43.5 Å². The number of carboxylic acids is 1. The van der Waals surface area contributed by atoms with E-state index in [1.807, 2.05) is 13.0 Å². The van der Waals surface area contributed by atoms with Crippen LogP contribution in [0.5, 0.6) is 5.75 Å². The van der Waals surface area contributed by atoms with Crippen LogP contribution in [0.1, 0.15) is 23.7 Å². The third kappa shape index (κ3) is 2.79. The first kappa shape index (κ1) is 15.5. The molecule has 114 valence electrons. The number of benzene rings is 1. The number of methoxy groups -OCH3 is 1. The van der Waals surface area contributed by atoms with Crippen molar-refractivity contribution in [1.82, 2.24) is 4.31 Å². The van der Waals surface area contributed by atoms with Crippen molar-refractivity contribution in [2.75, 3.05) is 13.7 Å². The van der Waals surface area contributed by atoms with Gasteiger partial charge >= 0.3 is 5.97 Å². The summed E-state index contributed by atoms with van der Waals surface area (Å²) in [6.45, 7) is 2.18. The number of carboxylic acid groups (broad SMARTS) is 1. The summed E-state index contributed by atoms with van der Waals surface area (Å²) in [4.78, 5) is 10.9. The molecule has 1 atom stereocenters. The molecule has 0 aliphatic carbocycles. The maximum absolute atomic E-state index is 12.8. The Kier molecular flexibility index (Phi) is 4.34. The minimum absolute atomic E-state index is 0.0884. The number of sulfonamides is 1. The lowest BCUT2D eigenvalue weighted by Gasteiger charge is -2.24. The Bertz CT molecular complexity index is 681. The SMILES string of the molecule is CCC1C=CCN1S(=O)(=O)c1cc(C(=O)O)ccc1OC. The largest absolute Gasteiger partial charge is 0.495 e. The third-order valence-corrected chi connectivity index (χ3v) is 5.34. The van der Waals surface area contributed by atoms with Gasteiger partial charge in [-0.15, -0.1) is 0 Å². The zero-order valence-electron chi connectivity index (χ0n) is 11.8. The Balaban J connectivity index is 2.53. The number of rotatable bonds is 5. The van der Waals surface area contributed by atoms with E-state index in [1.165, 1.54) is 23.5 Å². The summed E-state index contributed by atoms with van der Waals surface area (Å²) in [6.07, 6.45) is 4.28. The quantitative estimate of drug-likeness (QED) is 0.837. The molecule has 1 aliphatic heterocycles. The van der Waals surface area contributed by atoms with Gasteiger partial charge in [0.1, 0.15) is 10.6 Å². The van der Waals surface area contributed by atoms with Crippen LogP contribution in [0.4, 0.5) is 0 Å². The lowest BCUT2D eigenvalue weighted by atomic mass is 10.2. The molecule has 1 aromatic carbocycles. The highest BCUT2D eigenvalue weighted by Gasteiger charge is 2.33. The topological polar surface area (TPSA) is 83.9 Å². The molecule has 1 N–H and O–H groups in total. The van der Waals surface area contributed by atoms with E-state index in [-0.39, 0.29) is 28.8 Å². The van der Waals surface area contributed by atoms with E-state index in [0.717, 1.165) is 6.07 Å². The third-order valence-electron chi connectivity index (χ3n) is 3.43. The molecular weight excluding hydrogens is 294 g/mol. The van der Waals surface area contributed by atoms with Crippen LogP contribution in [0.3, 0.4) is 0 Å². The van der Waals surface area contributed by atoms with Crippen LogP contribution >= 0.6 is 0 Å². The van der Waals surface area contributed by atoms with E-state index in [2.05, 4.69) is 0 Å². The van der Waals surface area contributed by atoms with Gasteiger partial charge in [0.25, 0.3) is 0 Å². The second-order valence-electron chi connectivity index (χ2n) is 4.65. The summed E-state index contributed by atoms with van der Waals surface area (Å²) < 4.78 is 32.0. The summed E-state index contributed by atoms with van der Waals surface area (Å²) in [5.41, 5.74) is -0.0884. The summed E-state index contributed by atoms with van der Waals surface area (Å²) in [5, 5.41) is 9.04. The number of hydrogen-bond donors (Lipinski definition) is 1. The van der Waals surface area contributed by atoms with Crippen LogP contribution in [0.15, 0.2) is 35.2 Å². The fourth-order valence-corrected chi connectivity index (χ4v) is 4.10. The van der Waals surface area contributed by atoms with Gasteiger partial charge in [0.2, 0.25) is 10.0 Å². The highest BCUT2D eigenvalue weighted by molar-refractivity contribution is 7.89. The molecule has 0 radical (unpaired) electrons. The molecule has 2 rings (SSSR count). The van der Waals surface area contributed by atoms with Gasteiger partial charge in [-0.25, -0.2) is 13.2 Å². The Morgan fingerprint density at radius 2 is 2.19 bits per heavy atom.